The Bertz CT molecular complexity index is 507. The predicted molar refractivity (Wildman–Crippen MR) is 71.8 cm³/mol. The van der Waals surface area contributed by atoms with Gasteiger partial charge in [0.25, 0.3) is 0 Å². The number of alkyl halides is 3. The van der Waals surface area contributed by atoms with Crippen molar-refractivity contribution in [2.75, 3.05) is 31.6 Å². The maximum Gasteiger partial charge on any atom is 0.422 e. The van der Waals surface area contributed by atoms with Gasteiger partial charge in [0, 0.05) is 19.2 Å². The van der Waals surface area contributed by atoms with Crippen LogP contribution in [0.15, 0.2) is 18.3 Å². The molecule has 1 saturated heterocycles. The standard InChI is InChI=1S/C13H16F3N3O3/c1-9-7-19(4-5-21-9)12(20)18-10-2-3-11(17-6-10)22-8-13(14,15)16/h2-3,6,9H,4-5,7-8H2,1H3,(H,18,20)/t9-/m0/s1. The number of pyridine rings is 1. The van der Waals surface area contributed by atoms with Crippen LogP contribution in [0, 0.1) is 0 Å². The zero-order valence-electron chi connectivity index (χ0n) is 11.9. The fourth-order valence-corrected chi connectivity index (χ4v) is 1.90. The quantitative estimate of drug-likeness (QED) is 0.928. The summed E-state index contributed by atoms with van der Waals surface area (Å²) < 4.78 is 45.8. The van der Waals surface area contributed by atoms with E-state index in [1.807, 2.05) is 6.92 Å². The van der Waals surface area contributed by atoms with Gasteiger partial charge in [0.15, 0.2) is 6.61 Å². The zero-order valence-corrected chi connectivity index (χ0v) is 11.9. The number of anilines is 1. The molecule has 1 aromatic rings. The molecule has 122 valence electrons. The molecule has 9 heteroatoms. The Kier molecular flexibility index (Phi) is 5.07. The number of carbonyl (C=O) groups is 1. The van der Waals surface area contributed by atoms with Crippen LogP contribution in [0.2, 0.25) is 0 Å². The SMILES string of the molecule is C[C@H]1CN(C(=O)Nc2ccc(OCC(F)(F)F)nc2)CCO1. The molecule has 1 fully saturated rings. The molecule has 0 spiro atoms. The Balaban J connectivity index is 1.86. The molecule has 22 heavy (non-hydrogen) atoms. The van der Waals surface area contributed by atoms with E-state index in [1.54, 1.807) is 4.90 Å². The second-order valence-corrected chi connectivity index (χ2v) is 4.85. The van der Waals surface area contributed by atoms with Crippen LogP contribution < -0.4 is 10.1 Å². The molecule has 0 bridgehead atoms. The first-order chi connectivity index (χ1) is 10.3. The van der Waals surface area contributed by atoms with E-state index in [1.165, 1.54) is 18.3 Å². The van der Waals surface area contributed by atoms with Crippen LogP contribution in [0.1, 0.15) is 6.92 Å². The van der Waals surface area contributed by atoms with Gasteiger partial charge in [0.1, 0.15) is 0 Å². The Hall–Kier alpha value is -2.03. The van der Waals surface area contributed by atoms with Gasteiger partial charge < -0.3 is 19.7 Å². The number of nitrogens with one attached hydrogen (secondary N) is 1. The van der Waals surface area contributed by atoms with Crippen molar-refractivity contribution in [3.8, 4) is 5.88 Å². The van der Waals surface area contributed by atoms with E-state index in [2.05, 4.69) is 15.0 Å². The average molecular weight is 319 g/mol. The lowest BCUT2D eigenvalue weighted by molar-refractivity contribution is -0.154. The number of carbonyl (C=O) groups excluding carboxylic acids is 1. The smallest absolute Gasteiger partial charge is 0.422 e. The number of amides is 2. The highest BCUT2D eigenvalue weighted by atomic mass is 19.4. The molecule has 0 aromatic carbocycles. The van der Waals surface area contributed by atoms with Gasteiger partial charge in [-0.2, -0.15) is 13.2 Å². The largest absolute Gasteiger partial charge is 0.468 e. The van der Waals surface area contributed by atoms with Crippen molar-refractivity contribution >= 4 is 11.7 Å². The third kappa shape index (κ3) is 5.06. The minimum absolute atomic E-state index is 0.0317. The molecule has 1 aliphatic heterocycles. The van der Waals surface area contributed by atoms with Gasteiger partial charge in [0.2, 0.25) is 5.88 Å². The number of rotatable bonds is 3. The topological polar surface area (TPSA) is 63.7 Å². The van der Waals surface area contributed by atoms with Crippen molar-refractivity contribution in [3.05, 3.63) is 18.3 Å². The summed E-state index contributed by atoms with van der Waals surface area (Å²) in [5, 5.41) is 2.62. The molecule has 1 aliphatic rings. The monoisotopic (exact) mass is 319 g/mol. The molecular formula is C13H16F3N3O3. The number of aromatic nitrogens is 1. The lowest BCUT2D eigenvalue weighted by atomic mass is 10.3. The second kappa shape index (κ2) is 6.82. The van der Waals surface area contributed by atoms with Crippen molar-refractivity contribution in [3.63, 3.8) is 0 Å². The van der Waals surface area contributed by atoms with Crippen LogP contribution in [0.4, 0.5) is 23.7 Å². The number of ether oxygens (including phenoxy) is 2. The number of hydrogen-bond donors (Lipinski definition) is 1. The van der Waals surface area contributed by atoms with Gasteiger partial charge in [-0.1, -0.05) is 0 Å². The molecule has 1 aromatic heterocycles. The van der Waals surface area contributed by atoms with Crippen molar-refractivity contribution in [2.45, 2.75) is 19.2 Å². The summed E-state index contributed by atoms with van der Waals surface area (Å²) in [6.45, 7) is 1.89. The fourth-order valence-electron chi connectivity index (χ4n) is 1.90. The molecule has 0 saturated carbocycles. The lowest BCUT2D eigenvalue weighted by Gasteiger charge is -2.31. The summed E-state index contributed by atoms with van der Waals surface area (Å²) in [5.74, 6) is -0.157. The van der Waals surface area contributed by atoms with E-state index in [0.29, 0.717) is 25.4 Å². The summed E-state index contributed by atoms with van der Waals surface area (Å²) in [5.41, 5.74) is 0.378. The molecule has 0 radical (unpaired) electrons. The van der Waals surface area contributed by atoms with Crippen LogP contribution in [0.25, 0.3) is 0 Å². The third-order valence-electron chi connectivity index (χ3n) is 2.90. The lowest BCUT2D eigenvalue weighted by Crippen LogP contribution is -2.46. The number of halogens is 3. The van der Waals surface area contributed by atoms with Crippen molar-refractivity contribution in [1.29, 1.82) is 0 Å². The Morgan fingerprint density at radius 2 is 2.32 bits per heavy atom. The summed E-state index contributed by atoms with van der Waals surface area (Å²) in [7, 11) is 0. The molecule has 2 rings (SSSR count). The minimum atomic E-state index is -4.42. The predicted octanol–water partition coefficient (Wildman–Crippen LogP) is 2.28. The third-order valence-corrected chi connectivity index (χ3v) is 2.90. The number of hydrogen-bond acceptors (Lipinski definition) is 4. The van der Waals surface area contributed by atoms with E-state index in [4.69, 9.17) is 4.74 Å². The number of nitrogens with zero attached hydrogens (tertiary/aromatic N) is 2. The highest BCUT2D eigenvalue weighted by molar-refractivity contribution is 5.89. The first-order valence-corrected chi connectivity index (χ1v) is 6.66. The zero-order chi connectivity index (χ0) is 16.2. The van der Waals surface area contributed by atoms with Crippen LogP contribution in [0.3, 0.4) is 0 Å². The Morgan fingerprint density at radius 1 is 1.55 bits per heavy atom. The number of urea groups is 1. The second-order valence-electron chi connectivity index (χ2n) is 4.85. The maximum atomic E-state index is 12.0. The van der Waals surface area contributed by atoms with E-state index >= 15 is 0 Å². The highest BCUT2D eigenvalue weighted by Gasteiger charge is 2.28. The Morgan fingerprint density at radius 3 is 2.91 bits per heavy atom. The van der Waals surface area contributed by atoms with E-state index < -0.39 is 12.8 Å². The van der Waals surface area contributed by atoms with Crippen LogP contribution in [-0.4, -0.2) is 54.5 Å². The number of morpholine rings is 1. The fraction of sp³-hybridized carbons (Fsp3) is 0.538. The maximum absolute atomic E-state index is 12.0. The molecule has 2 amide bonds. The van der Waals surface area contributed by atoms with Gasteiger partial charge in [-0.05, 0) is 13.0 Å². The van der Waals surface area contributed by atoms with Crippen molar-refractivity contribution < 1.29 is 27.4 Å². The van der Waals surface area contributed by atoms with Crippen molar-refractivity contribution in [1.82, 2.24) is 9.88 Å². The summed E-state index contributed by atoms with van der Waals surface area (Å²) in [6, 6.07) is 2.39. The summed E-state index contributed by atoms with van der Waals surface area (Å²) >= 11 is 0. The van der Waals surface area contributed by atoms with Gasteiger partial charge in [-0.3, -0.25) is 0 Å². The minimum Gasteiger partial charge on any atom is -0.468 e. The molecule has 0 unspecified atom stereocenters. The molecule has 1 N–H and O–H groups in total. The molecule has 1 atom stereocenters. The van der Waals surface area contributed by atoms with E-state index in [0.717, 1.165) is 0 Å². The van der Waals surface area contributed by atoms with Crippen LogP contribution >= 0.6 is 0 Å². The van der Waals surface area contributed by atoms with Crippen LogP contribution in [0.5, 0.6) is 5.88 Å². The molecular weight excluding hydrogens is 303 g/mol. The molecule has 6 nitrogen and oxygen atoms in total. The Labute approximate surface area is 125 Å². The van der Waals surface area contributed by atoms with Gasteiger partial charge in [0.05, 0.1) is 24.6 Å². The van der Waals surface area contributed by atoms with Gasteiger partial charge >= 0.3 is 12.2 Å². The summed E-state index contributed by atoms with van der Waals surface area (Å²) in [4.78, 5) is 17.3. The molecule has 0 aliphatic carbocycles. The normalized spacial score (nSPS) is 18.9. The van der Waals surface area contributed by atoms with Gasteiger partial charge in [-0.25, -0.2) is 9.78 Å². The van der Waals surface area contributed by atoms with E-state index in [9.17, 15) is 18.0 Å². The van der Waals surface area contributed by atoms with Crippen LogP contribution in [-0.2, 0) is 4.74 Å². The van der Waals surface area contributed by atoms with E-state index in [-0.39, 0.29) is 18.0 Å². The highest BCUT2D eigenvalue weighted by Crippen LogP contribution is 2.18. The summed E-state index contributed by atoms with van der Waals surface area (Å²) in [6.07, 6.45) is -3.20. The average Bonchev–Trinajstić information content (AvgIpc) is 2.46. The first kappa shape index (κ1) is 16.3. The van der Waals surface area contributed by atoms with Crippen molar-refractivity contribution in [2.24, 2.45) is 0 Å². The molecule has 2 heterocycles. The first-order valence-electron chi connectivity index (χ1n) is 6.66. The van der Waals surface area contributed by atoms with Gasteiger partial charge in [-0.15, -0.1) is 0 Å².